The molecule has 0 spiro atoms. The normalized spacial score (nSPS) is 12.2. The van der Waals surface area contributed by atoms with Crippen LogP contribution in [0.5, 0.6) is 0 Å². The predicted octanol–water partition coefficient (Wildman–Crippen LogP) is 2.48. The lowest BCUT2D eigenvalue weighted by Gasteiger charge is -2.13. The van der Waals surface area contributed by atoms with Crippen LogP contribution in [0.25, 0.3) is 0 Å². The molecule has 0 saturated carbocycles. The number of hydrogen-bond donors (Lipinski definition) is 1. The molecule has 0 aromatic carbocycles. The molecule has 106 valence electrons. The minimum Gasteiger partial charge on any atom is -0.310 e. The van der Waals surface area contributed by atoms with Crippen molar-refractivity contribution in [1.29, 1.82) is 0 Å². The maximum Gasteiger partial charge on any atom is 0.230 e. The summed E-state index contributed by atoms with van der Waals surface area (Å²) in [7, 11) is 0. The van der Waals surface area contributed by atoms with Crippen LogP contribution >= 0.6 is 0 Å². The molecule has 5 heteroatoms. The van der Waals surface area contributed by atoms with Crippen molar-refractivity contribution in [3.63, 3.8) is 0 Å². The number of aromatic nitrogens is 3. The molecule has 1 amide bonds. The predicted molar refractivity (Wildman–Crippen MR) is 78.5 cm³/mol. The number of nitrogens with zero attached hydrogens (tertiary/aromatic N) is 3. The van der Waals surface area contributed by atoms with Crippen molar-refractivity contribution in [3.8, 4) is 0 Å². The first kappa shape index (κ1) is 14.2. The van der Waals surface area contributed by atoms with E-state index in [2.05, 4.69) is 15.4 Å². The molecule has 0 aliphatic carbocycles. The molecule has 1 N–H and O–H groups in total. The Morgan fingerprint density at radius 2 is 2.10 bits per heavy atom. The van der Waals surface area contributed by atoms with Gasteiger partial charge in [0.05, 0.1) is 18.2 Å². The van der Waals surface area contributed by atoms with Gasteiger partial charge < -0.3 is 5.32 Å². The average Bonchev–Trinajstić information content (AvgIpc) is 2.67. The third-order valence-electron chi connectivity index (χ3n) is 3.16. The zero-order valence-electron chi connectivity index (χ0n) is 12.3. The molecule has 20 heavy (non-hydrogen) atoms. The zero-order chi connectivity index (χ0) is 14.7. The summed E-state index contributed by atoms with van der Waals surface area (Å²) in [5, 5.41) is 7.21. The van der Waals surface area contributed by atoms with E-state index in [1.54, 1.807) is 6.20 Å². The Hall–Kier alpha value is -2.17. The number of nitrogens with one attached hydrogen (secondary N) is 1. The molecule has 2 aromatic heterocycles. The lowest BCUT2D eigenvalue weighted by Crippen LogP contribution is -2.25. The molecule has 0 fully saturated rings. The van der Waals surface area contributed by atoms with Crippen LogP contribution < -0.4 is 5.32 Å². The van der Waals surface area contributed by atoms with Gasteiger partial charge in [-0.15, -0.1) is 0 Å². The Kier molecular flexibility index (Phi) is 4.17. The summed E-state index contributed by atoms with van der Waals surface area (Å²) in [5.41, 5.74) is 3.10. The first-order valence-electron chi connectivity index (χ1n) is 6.70. The fourth-order valence-corrected chi connectivity index (χ4v) is 2.06. The second kappa shape index (κ2) is 5.86. The lowest BCUT2D eigenvalue weighted by molar-refractivity contribution is -0.119. The number of rotatable bonds is 4. The van der Waals surface area contributed by atoms with Gasteiger partial charge in [-0.25, -0.2) is 4.98 Å². The number of aryl methyl sites for hydroxylation is 3. The van der Waals surface area contributed by atoms with E-state index in [4.69, 9.17) is 0 Å². The van der Waals surface area contributed by atoms with Crippen LogP contribution in [0.1, 0.15) is 23.9 Å². The Labute approximate surface area is 119 Å². The fourth-order valence-electron chi connectivity index (χ4n) is 2.06. The van der Waals surface area contributed by atoms with Gasteiger partial charge in [-0.2, -0.15) is 5.10 Å². The molecule has 0 radical (unpaired) electrons. The molecular weight excluding hydrogens is 252 g/mol. The van der Waals surface area contributed by atoms with Gasteiger partial charge in [0.2, 0.25) is 5.91 Å². The molecule has 0 aliphatic rings. The van der Waals surface area contributed by atoms with Gasteiger partial charge in [-0.1, -0.05) is 6.92 Å². The number of carbonyl (C=O) groups is 1. The Balaban J connectivity index is 2.00. The minimum absolute atomic E-state index is 0.0457. The van der Waals surface area contributed by atoms with E-state index in [1.165, 1.54) is 0 Å². The van der Waals surface area contributed by atoms with Gasteiger partial charge in [0.1, 0.15) is 5.82 Å². The molecule has 2 aromatic rings. The standard InChI is InChI=1S/C15H20N4O/c1-10-5-6-16-14(7-10)17-15(20)11(2)9-19-13(4)8-12(3)18-19/h5-8,11H,9H2,1-4H3,(H,16,17,20). The quantitative estimate of drug-likeness (QED) is 0.930. The summed E-state index contributed by atoms with van der Waals surface area (Å²) >= 11 is 0. The third kappa shape index (κ3) is 3.44. The van der Waals surface area contributed by atoms with Crippen molar-refractivity contribution in [2.75, 3.05) is 5.32 Å². The number of carbonyl (C=O) groups excluding carboxylic acids is 1. The van der Waals surface area contributed by atoms with Crippen molar-refractivity contribution >= 4 is 11.7 Å². The summed E-state index contributed by atoms with van der Waals surface area (Å²) in [6, 6.07) is 5.76. The van der Waals surface area contributed by atoms with Crippen LogP contribution in [0.3, 0.4) is 0 Å². The first-order valence-corrected chi connectivity index (χ1v) is 6.70. The maximum atomic E-state index is 12.2. The van der Waals surface area contributed by atoms with E-state index in [0.29, 0.717) is 12.4 Å². The molecular formula is C15H20N4O. The third-order valence-corrected chi connectivity index (χ3v) is 3.16. The van der Waals surface area contributed by atoms with E-state index >= 15 is 0 Å². The summed E-state index contributed by atoms with van der Waals surface area (Å²) in [6.07, 6.45) is 1.69. The van der Waals surface area contributed by atoms with E-state index in [1.807, 2.05) is 50.6 Å². The number of hydrogen-bond acceptors (Lipinski definition) is 3. The van der Waals surface area contributed by atoms with Crippen LogP contribution in [0.15, 0.2) is 24.4 Å². The number of anilines is 1. The second-order valence-electron chi connectivity index (χ2n) is 5.22. The van der Waals surface area contributed by atoms with Crippen molar-refractivity contribution in [3.05, 3.63) is 41.3 Å². The maximum absolute atomic E-state index is 12.2. The zero-order valence-corrected chi connectivity index (χ0v) is 12.3. The van der Waals surface area contributed by atoms with Crippen LogP contribution in [-0.2, 0) is 11.3 Å². The Morgan fingerprint density at radius 3 is 2.70 bits per heavy atom. The number of amides is 1. The topological polar surface area (TPSA) is 59.8 Å². The Morgan fingerprint density at radius 1 is 1.35 bits per heavy atom. The summed E-state index contributed by atoms with van der Waals surface area (Å²) in [4.78, 5) is 16.3. The van der Waals surface area contributed by atoms with Crippen LogP contribution in [0, 0.1) is 26.7 Å². The van der Waals surface area contributed by atoms with E-state index in [9.17, 15) is 4.79 Å². The molecule has 1 atom stereocenters. The van der Waals surface area contributed by atoms with Crippen LogP contribution in [0.4, 0.5) is 5.82 Å². The molecule has 5 nitrogen and oxygen atoms in total. The van der Waals surface area contributed by atoms with E-state index < -0.39 is 0 Å². The fraction of sp³-hybridized carbons (Fsp3) is 0.400. The van der Waals surface area contributed by atoms with Crippen molar-refractivity contribution in [1.82, 2.24) is 14.8 Å². The SMILES string of the molecule is Cc1ccnc(NC(=O)C(C)Cn2nc(C)cc2C)c1. The largest absolute Gasteiger partial charge is 0.310 e. The summed E-state index contributed by atoms with van der Waals surface area (Å²) in [6.45, 7) is 8.37. The first-order chi connectivity index (χ1) is 9.45. The van der Waals surface area contributed by atoms with Gasteiger partial charge >= 0.3 is 0 Å². The van der Waals surface area contributed by atoms with Crippen molar-refractivity contribution in [2.24, 2.45) is 5.92 Å². The highest BCUT2D eigenvalue weighted by atomic mass is 16.1. The second-order valence-corrected chi connectivity index (χ2v) is 5.22. The van der Waals surface area contributed by atoms with Gasteiger partial charge in [0, 0.05) is 11.9 Å². The van der Waals surface area contributed by atoms with Gasteiger partial charge in [-0.3, -0.25) is 9.48 Å². The van der Waals surface area contributed by atoms with Gasteiger partial charge in [-0.05, 0) is 44.5 Å². The molecule has 2 heterocycles. The highest BCUT2D eigenvalue weighted by Crippen LogP contribution is 2.10. The number of pyridine rings is 1. The molecule has 1 unspecified atom stereocenters. The Bertz CT molecular complexity index is 618. The molecule has 0 bridgehead atoms. The minimum atomic E-state index is -0.171. The van der Waals surface area contributed by atoms with Crippen molar-refractivity contribution < 1.29 is 4.79 Å². The van der Waals surface area contributed by atoms with Gasteiger partial charge in [0.25, 0.3) is 0 Å². The van der Waals surface area contributed by atoms with Crippen LogP contribution in [-0.4, -0.2) is 20.7 Å². The summed E-state index contributed by atoms with van der Waals surface area (Å²) < 4.78 is 1.86. The highest BCUT2D eigenvalue weighted by molar-refractivity contribution is 5.91. The molecule has 0 aliphatic heterocycles. The molecule has 2 rings (SSSR count). The van der Waals surface area contributed by atoms with Crippen LogP contribution in [0.2, 0.25) is 0 Å². The van der Waals surface area contributed by atoms with Crippen molar-refractivity contribution in [2.45, 2.75) is 34.2 Å². The monoisotopic (exact) mass is 272 g/mol. The van der Waals surface area contributed by atoms with E-state index in [-0.39, 0.29) is 11.8 Å². The summed E-state index contributed by atoms with van der Waals surface area (Å²) in [5.74, 6) is 0.376. The lowest BCUT2D eigenvalue weighted by atomic mass is 10.1. The molecule has 0 saturated heterocycles. The smallest absolute Gasteiger partial charge is 0.230 e. The average molecular weight is 272 g/mol. The van der Waals surface area contributed by atoms with E-state index in [0.717, 1.165) is 17.0 Å². The van der Waals surface area contributed by atoms with Gasteiger partial charge in [0.15, 0.2) is 0 Å². The highest BCUT2D eigenvalue weighted by Gasteiger charge is 2.15.